The van der Waals surface area contributed by atoms with Crippen LogP contribution in [0.3, 0.4) is 0 Å². The molecular formula is C15H25N5O. The fourth-order valence-corrected chi connectivity index (χ4v) is 1.92. The molecule has 1 fully saturated rings. The van der Waals surface area contributed by atoms with Crippen LogP contribution in [0.1, 0.15) is 45.4 Å². The van der Waals surface area contributed by atoms with E-state index in [0.717, 1.165) is 49.7 Å². The quantitative estimate of drug-likeness (QED) is 0.648. The van der Waals surface area contributed by atoms with Crippen molar-refractivity contribution in [2.24, 2.45) is 0 Å². The minimum atomic E-state index is 0.110. The molecule has 0 saturated heterocycles. The number of aromatic nitrogens is 2. The van der Waals surface area contributed by atoms with Crippen LogP contribution in [0.15, 0.2) is 6.07 Å². The number of nitrogens with one attached hydrogen (secondary N) is 3. The summed E-state index contributed by atoms with van der Waals surface area (Å²) >= 11 is 0. The van der Waals surface area contributed by atoms with E-state index in [4.69, 9.17) is 0 Å². The van der Waals surface area contributed by atoms with Crippen molar-refractivity contribution < 1.29 is 4.79 Å². The number of nitrogens with zero attached hydrogens (tertiary/aromatic N) is 2. The van der Waals surface area contributed by atoms with Crippen molar-refractivity contribution in [3.05, 3.63) is 11.9 Å². The Morgan fingerprint density at radius 3 is 2.43 bits per heavy atom. The number of aryl methyl sites for hydroxylation is 1. The number of anilines is 2. The standard InChI is InChI=1S/C15H25N5O/c1-3-8-16-13-10-14(20-12(4-2)19-13)17-9-7-15(21)18-11-5-6-11/h10-11H,3-9H2,1-2H3,(H,18,21)(H2,16,17,19,20). The molecule has 0 radical (unpaired) electrons. The van der Waals surface area contributed by atoms with E-state index in [9.17, 15) is 4.79 Å². The maximum absolute atomic E-state index is 11.6. The van der Waals surface area contributed by atoms with E-state index in [1.807, 2.05) is 13.0 Å². The van der Waals surface area contributed by atoms with Gasteiger partial charge >= 0.3 is 0 Å². The van der Waals surface area contributed by atoms with Gasteiger partial charge in [-0.2, -0.15) is 0 Å². The first-order chi connectivity index (χ1) is 10.2. The lowest BCUT2D eigenvalue weighted by molar-refractivity contribution is -0.120. The molecule has 0 bridgehead atoms. The van der Waals surface area contributed by atoms with Gasteiger partial charge in [-0.15, -0.1) is 0 Å². The zero-order valence-electron chi connectivity index (χ0n) is 12.9. The first-order valence-electron chi connectivity index (χ1n) is 7.86. The number of rotatable bonds is 9. The van der Waals surface area contributed by atoms with Crippen LogP contribution in [-0.4, -0.2) is 35.0 Å². The second-order valence-electron chi connectivity index (χ2n) is 5.35. The van der Waals surface area contributed by atoms with E-state index in [0.29, 0.717) is 19.0 Å². The number of hydrogen-bond donors (Lipinski definition) is 3. The predicted molar refractivity (Wildman–Crippen MR) is 84.5 cm³/mol. The highest BCUT2D eigenvalue weighted by molar-refractivity contribution is 5.77. The minimum absolute atomic E-state index is 0.110. The van der Waals surface area contributed by atoms with E-state index in [1.165, 1.54) is 0 Å². The molecule has 1 heterocycles. The third kappa shape index (κ3) is 5.57. The Morgan fingerprint density at radius 1 is 1.19 bits per heavy atom. The number of amides is 1. The van der Waals surface area contributed by atoms with Crippen molar-refractivity contribution in [1.29, 1.82) is 0 Å². The monoisotopic (exact) mass is 291 g/mol. The molecule has 0 aliphatic heterocycles. The van der Waals surface area contributed by atoms with Crippen molar-refractivity contribution in [3.8, 4) is 0 Å². The van der Waals surface area contributed by atoms with Crippen molar-refractivity contribution in [2.75, 3.05) is 23.7 Å². The molecule has 6 nitrogen and oxygen atoms in total. The molecule has 3 N–H and O–H groups in total. The SMILES string of the molecule is CCCNc1cc(NCCC(=O)NC2CC2)nc(CC)n1. The number of carbonyl (C=O) groups is 1. The van der Waals surface area contributed by atoms with Crippen LogP contribution in [0.2, 0.25) is 0 Å². The molecule has 0 unspecified atom stereocenters. The van der Waals surface area contributed by atoms with Gasteiger partial charge < -0.3 is 16.0 Å². The summed E-state index contributed by atoms with van der Waals surface area (Å²) in [4.78, 5) is 20.5. The van der Waals surface area contributed by atoms with Gasteiger partial charge in [0.25, 0.3) is 0 Å². The van der Waals surface area contributed by atoms with E-state index >= 15 is 0 Å². The Hall–Kier alpha value is -1.85. The maximum atomic E-state index is 11.6. The van der Waals surface area contributed by atoms with Gasteiger partial charge in [0.2, 0.25) is 5.91 Å². The highest BCUT2D eigenvalue weighted by Crippen LogP contribution is 2.18. The van der Waals surface area contributed by atoms with Crippen LogP contribution in [-0.2, 0) is 11.2 Å². The summed E-state index contributed by atoms with van der Waals surface area (Å²) in [5.41, 5.74) is 0. The van der Waals surface area contributed by atoms with Crippen molar-refractivity contribution in [2.45, 2.75) is 52.0 Å². The molecule has 1 saturated carbocycles. The largest absolute Gasteiger partial charge is 0.370 e. The van der Waals surface area contributed by atoms with Gasteiger partial charge in [0.15, 0.2) is 0 Å². The highest BCUT2D eigenvalue weighted by atomic mass is 16.1. The summed E-state index contributed by atoms with van der Waals surface area (Å²) in [6.45, 7) is 5.63. The lowest BCUT2D eigenvalue weighted by Crippen LogP contribution is -2.27. The van der Waals surface area contributed by atoms with E-state index in [1.54, 1.807) is 0 Å². The van der Waals surface area contributed by atoms with Crippen molar-refractivity contribution in [1.82, 2.24) is 15.3 Å². The van der Waals surface area contributed by atoms with Crippen LogP contribution in [0.25, 0.3) is 0 Å². The molecule has 1 aromatic rings. The first-order valence-corrected chi connectivity index (χ1v) is 7.86. The second kappa shape index (κ2) is 7.81. The Balaban J connectivity index is 1.83. The molecule has 1 amide bonds. The summed E-state index contributed by atoms with van der Waals surface area (Å²) in [6.07, 6.45) is 4.56. The zero-order chi connectivity index (χ0) is 15.1. The Labute approximate surface area is 126 Å². The minimum Gasteiger partial charge on any atom is -0.370 e. The average molecular weight is 291 g/mol. The van der Waals surface area contributed by atoms with Gasteiger partial charge in [-0.1, -0.05) is 13.8 Å². The van der Waals surface area contributed by atoms with E-state index < -0.39 is 0 Å². The predicted octanol–water partition coefficient (Wildman–Crippen LogP) is 1.94. The van der Waals surface area contributed by atoms with Gasteiger partial charge in [0.1, 0.15) is 17.5 Å². The van der Waals surface area contributed by atoms with Gasteiger partial charge in [0, 0.05) is 38.0 Å². The van der Waals surface area contributed by atoms with Crippen LogP contribution in [0, 0.1) is 0 Å². The lowest BCUT2D eigenvalue weighted by atomic mass is 10.3. The summed E-state index contributed by atoms with van der Waals surface area (Å²) < 4.78 is 0. The fraction of sp³-hybridized carbons (Fsp3) is 0.667. The van der Waals surface area contributed by atoms with Crippen LogP contribution >= 0.6 is 0 Å². The van der Waals surface area contributed by atoms with Gasteiger partial charge in [-0.05, 0) is 19.3 Å². The molecule has 6 heteroatoms. The van der Waals surface area contributed by atoms with Crippen molar-refractivity contribution in [3.63, 3.8) is 0 Å². The summed E-state index contributed by atoms with van der Waals surface area (Å²) in [5, 5.41) is 9.46. The molecular weight excluding hydrogens is 266 g/mol. The molecule has 2 rings (SSSR count). The molecule has 0 spiro atoms. The topological polar surface area (TPSA) is 78.9 Å². The lowest BCUT2D eigenvalue weighted by Gasteiger charge is -2.10. The van der Waals surface area contributed by atoms with Crippen LogP contribution in [0.5, 0.6) is 0 Å². The molecule has 1 aliphatic rings. The summed E-state index contributed by atoms with van der Waals surface area (Å²) in [7, 11) is 0. The maximum Gasteiger partial charge on any atom is 0.221 e. The summed E-state index contributed by atoms with van der Waals surface area (Å²) in [6, 6.07) is 2.32. The van der Waals surface area contributed by atoms with Gasteiger partial charge in [0.05, 0.1) is 0 Å². The molecule has 21 heavy (non-hydrogen) atoms. The molecule has 1 aliphatic carbocycles. The molecule has 1 aromatic heterocycles. The second-order valence-corrected chi connectivity index (χ2v) is 5.35. The summed E-state index contributed by atoms with van der Waals surface area (Å²) in [5.74, 6) is 2.54. The zero-order valence-corrected chi connectivity index (χ0v) is 12.9. The average Bonchev–Trinajstić information content (AvgIpc) is 3.28. The normalized spacial score (nSPS) is 13.8. The number of hydrogen-bond acceptors (Lipinski definition) is 5. The third-order valence-electron chi connectivity index (χ3n) is 3.25. The fourth-order valence-electron chi connectivity index (χ4n) is 1.92. The van der Waals surface area contributed by atoms with Crippen molar-refractivity contribution >= 4 is 17.5 Å². The Kier molecular flexibility index (Phi) is 5.78. The van der Waals surface area contributed by atoms with E-state index in [2.05, 4.69) is 32.8 Å². The first kappa shape index (κ1) is 15.5. The molecule has 0 aromatic carbocycles. The van der Waals surface area contributed by atoms with Gasteiger partial charge in [-0.3, -0.25) is 4.79 Å². The Bertz CT molecular complexity index is 473. The smallest absolute Gasteiger partial charge is 0.221 e. The Morgan fingerprint density at radius 2 is 1.86 bits per heavy atom. The highest BCUT2D eigenvalue weighted by Gasteiger charge is 2.22. The van der Waals surface area contributed by atoms with E-state index in [-0.39, 0.29) is 5.91 Å². The molecule has 116 valence electrons. The molecule has 0 atom stereocenters. The number of carbonyl (C=O) groups excluding carboxylic acids is 1. The third-order valence-corrected chi connectivity index (χ3v) is 3.25. The van der Waals surface area contributed by atoms with Gasteiger partial charge in [-0.25, -0.2) is 9.97 Å². The van der Waals surface area contributed by atoms with Crippen LogP contribution < -0.4 is 16.0 Å². The van der Waals surface area contributed by atoms with Crippen LogP contribution in [0.4, 0.5) is 11.6 Å².